The van der Waals surface area contributed by atoms with Gasteiger partial charge in [-0.15, -0.1) is 0 Å². The molecule has 1 aromatic carbocycles. The molecule has 9 nitrogen and oxygen atoms in total. The monoisotopic (exact) mass is 477 g/mol. The van der Waals surface area contributed by atoms with E-state index >= 15 is 0 Å². The topological polar surface area (TPSA) is 113 Å². The summed E-state index contributed by atoms with van der Waals surface area (Å²) in [5.41, 5.74) is 3.74. The predicted molar refractivity (Wildman–Crippen MR) is 130 cm³/mol. The van der Waals surface area contributed by atoms with Gasteiger partial charge in [0.2, 0.25) is 0 Å². The number of nitrogens with zero attached hydrogens (tertiary/aromatic N) is 3. The lowest BCUT2D eigenvalue weighted by Gasteiger charge is -2.30. The van der Waals surface area contributed by atoms with Crippen LogP contribution in [0.5, 0.6) is 5.75 Å². The molecule has 3 aromatic rings. The zero-order valence-corrected chi connectivity index (χ0v) is 19.7. The summed E-state index contributed by atoms with van der Waals surface area (Å²) in [6, 6.07) is 10.2. The predicted octanol–water partition coefficient (Wildman–Crippen LogP) is 2.76. The maximum absolute atomic E-state index is 12.5. The molecule has 0 spiro atoms. The molecule has 9 heteroatoms. The Morgan fingerprint density at radius 3 is 2.97 bits per heavy atom. The fourth-order valence-electron chi connectivity index (χ4n) is 4.40. The normalized spacial score (nSPS) is 16.7. The average Bonchev–Trinajstić information content (AvgIpc) is 3.37. The minimum atomic E-state index is -0.665. The van der Waals surface area contributed by atoms with Crippen molar-refractivity contribution in [2.24, 2.45) is 0 Å². The highest BCUT2D eigenvalue weighted by Gasteiger charge is 2.21. The van der Waals surface area contributed by atoms with Gasteiger partial charge in [-0.05, 0) is 61.1 Å². The van der Waals surface area contributed by atoms with Gasteiger partial charge in [0.15, 0.2) is 12.2 Å². The molecule has 1 aliphatic carbocycles. The SMILES string of the molecule is O=C(NCC(O)CN1CCc2cc(OCc3cnco3)ccc2C1)c1cc(NC2CCC2)ccn1. The molecule has 0 saturated heterocycles. The lowest BCUT2D eigenvalue weighted by molar-refractivity contribution is 0.0838. The minimum Gasteiger partial charge on any atom is -0.486 e. The van der Waals surface area contributed by atoms with Crippen molar-refractivity contribution in [2.45, 2.75) is 51.0 Å². The number of aliphatic hydroxyl groups excluding tert-OH is 1. The van der Waals surface area contributed by atoms with E-state index in [0.29, 0.717) is 30.6 Å². The Hall–Kier alpha value is -3.43. The average molecular weight is 478 g/mol. The first-order valence-corrected chi connectivity index (χ1v) is 12.2. The van der Waals surface area contributed by atoms with Crippen LogP contribution in [0, 0.1) is 0 Å². The Kier molecular flexibility index (Phi) is 7.25. The second-order valence-corrected chi connectivity index (χ2v) is 9.24. The van der Waals surface area contributed by atoms with E-state index < -0.39 is 6.10 Å². The summed E-state index contributed by atoms with van der Waals surface area (Å²) in [6.45, 7) is 2.59. The molecule has 1 amide bonds. The van der Waals surface area contributed by atoms with E-state index in [1.165, 1.54) is 23.9 Å². The Bertz CT molecular complexity index is 1130. The van der Waals surface area contributed by atoms with Crippen LogP contribution in [0.2, 0.25) is 0 Å². The summed E-state index contributed by atoms with van der Waals surface area (Å²) in [6.07, 6.45) is 8.46. The molecule has 1 saturated carbocycles. The molecular formula is C26H31N5O4. The number of carbonyl (C=O) groups is 1. The Morgan fingerprint density at radius 2 is 2.17 bits per heavy atom. The van der Waals surface area contributed by atoms with E-state index in [0.717, 1.165) is 43.8 Å². The second-order valence-electron chi connectivity index (χ2n) is 9.24. The first-order valence-electron chi connectivity index (χ1n) is 12.2. The molecule has 0 bridgehead atoms. The number of anilines is 1. The molecule has 1 unspecified atom stereocenters. The summed E-state index contributed by atoms with van der Waals surface area (Å²) < 4.78 is 11.0. The van der Waals surface area contributed by atoms with Crippen molar-refractivity contribution in [1.82, 2.24) is 20.2 Å². The van der Waals surface area contributed by atoms with Crippen molar-refractivity contribution in [1.29, 1.82) is 0 Å². The fourth-order valence-corrected chi connectivity index (χ4v) is 4.40. The highest BCUT2D eigenvalue weighted by atomic mass is 16.5. The molecule has 35 heavy (non-hydrogen) atoms. The largest absolute Gasteiger partial charge is 0.486 e. The van der Waals surface area contributed by atoms with Crippen LogP contribution >= 0.6 is 0 Å². The van der Waals surface area contributed by atoms with Crippen molar-refractivity contribution >= 4 is 11.6 Å². The molecule has 3 heterocycles. The van der Waals surface area contributed by atoms with Crippen molar-refractivity contribution < 1.29 is 19.1 Å². The van der Waals surface area contributed by atoms with Gasteiger partial charge in [0.05, 0.1) is 12.3 Å². The fraction of sp³-hybridized carbons (Fsp3) is 0.423. The van der Waals surface area contributed by atoms with E-state index in [1.807, 2.05) is 12.1 Å². The van der Waals surface area contributed by atoms with E-state index in [4.69, 9.17) is 9.15 Å². The third-order valence-electron chi connectivity index (χ3n) is 6.57. The van der Waals surface area contributed by atoms with Crippen LogP contribution < -0.4 is 15.4 Å². The number of aromatic nitrogens is 2. The second kappa shape index (κ2) is 10.9. The number of fused-ring (bicyclic) bond motifs is 1. The molecule has 1 atom stereocenters. The lowest BCUT2D eigenvalue weighted by Crippen LogP contribution is -2.42. The minimum absolute atomic E-state index is 0.179. The number of benzene rings is 1. The van der Waals surface area contributed by atoms with E-state index in [9.17, 15) is 9.90 Å². The quantitative estimate of drug-likeness (QED) is 0.409. The van der Waals surface area contributed by atoms with E-state index in [1.54, 1.807) is 18.5 Å². The van der Waals surface area contributed by atoms with Crippen LogP contribution in [0.25, 0.3) is 0 Å². The van der Waals surface area contributed by atoms with E-state index in [2.05, 4.69) is 37.6 Å². The summed E-state index contributed by atoms with van der Waals surface area (Å²) in [5.74, 6) is 1.21. The molecule has 3 N–H and O–H groups in total. The number of carbonyl (C=O) groups excluding carboxylic acids is 1. The molecule has 1 aliphatic heterocycles. The Labute approximate surface area is 204 Å². The highest BCUT2D eigenvalue weighted by molar-refractivity contribution is 5.93. The van der Waals surface area contributed by atoms with Crippen LogP contribution in [-0.4, -0.2) is 57.7 Å². The first-order chi connectivity index (χ1) is 17.1. The van der Waals surface area contributed by atoms with Gasteiger partial charge in [0.25, 0.3) is 5.91 Å². The van der Waals surface area contributed by atoms with Gasteiger partial charge in [-0.25, -0.2) is 4.98 Å². The maximum atomic E-state index is 12.5. The molecule has 184 valence electrons. The maximum Gasteiger partial charge on any atom is 0.270 e. The number of aliphatic hydroxyl groups is 1. The van der Waals surface area contributed by atoms with Gasteiger partial charge in [0, 0.05) is 44.1 Å². The number of ether oxygens (including phenoxy) is 1. The molecule has 0 radical (unpaired) electrons. The van der Waals surface area contributed by atoms with Gasteiger partial charge in [0.1, 0.15) is 18.1 Å². The van der Waals surface area contributed by atoms with Gasteiger partial charge in [-0.3, -0.25) is 14.7 Å². The smallest absolute Gasteiger partial charge is 0.270 e. The van der Waals surface area contributed by atoms with Crippen molar-refractivity contribution in [3.05, 3.63) is 71.7 Å². The van der Waals surface area contributed by atoms with Crippen molar-refractivity contribution in [3.63, 3.8) is 0 Å². The van der Waals surface area contributed by atoms with Crippen molar-refractivity contribution in [3.8, 4) is 5.75 Å². The summed E-state index contributed by atoms with van der Waals surface area (Å²) in [4.78, 5) is 22.8. The summed E-state index contributed by atoms with van der Waals surface area (Å²) in [7, 11) is 0. The molecule has 5 rings (SSSR count). The number of oxazole rings is 1. The van der Waals surface area contributed by atoms with Crippen molar-refractivity contribution in [2.75, 3.05) is 25.0 Å². The highest BCUT2D eigenvalue weighted by Crippen LogP contribution is 2.25. The number of β-amino-alcohol motifs (C(OH)–C–C–N with tert-alkyl or cyclic N) is 1. The Balaban J connectivity index is 1.07. The number of nitrogens with one attached hydrogen (secondary N) is 2. The molecule has 2 aromatic heterocycles. The third-order valence-corrected chi connectivity index (χ3v) is 6.57. The number of rotatable bonds is 10. The number of hydrogen-bond donors (Lipinski definition) is 3. The van der Waals surface area contributed by atoms with Gasteiger partial charge in [-0.1, -0.05) is 6.07 Å². The standard InChI is InChI=1S/C26H31N5O4/c32-22(12-29-26(33)25-11-21(6-8-28-25)30-20-2-1-3-20)15-31-9-7-18-10-23(5-4-19(18)14-31)34-16-24-13-27-17-35-24/h4-6,8,10-11,13,17,20,22,32H,1-3,7,9,12,14-16H2,(H,28,30)(H,29,33). The van der Waals surface area contributed by atoms with Gasteiger partial charge < -0.3 is 24.9 Å². The zero-order chi connectivity index (χ0) is 24.0. The van der Waals surface area contributed by atoms with Crippen LogP contribution in [0.3, 0.4) is 0 Å². The molecule has 2 aliphatic rings. The summed E-state index contributed by atoms with van der Waals surface area (Å²) >= 11 is 0. The van der Waals surface area contributed by atoms with Crippen LogP contribution in [0.1, 0.15) is 46.6 Å². The van der Waals surface area contributed by atoms with Gasteiger partial charge >= 0.3 is 0 Å². The zero-order valence-electron chi connectivity index (χ0n) is 19.7. The molecule has 1 fully saturated rings. The number of amides is 1. The first kappa shape index (κ1) is 23.3. The summed E-state index contributed by atoms with van der Waals surface area (Å²) in [5, 5.41) is 16.8. The van der Waals surface area contributed by atoms with Crippen LogP contribution in [0.15, 0.2) is 53.5 Å². The van der Waals surface area contributed by atoms with E-state index in [-0.39, 0.29) is 12.5 Å². The number of pyridine rings is 1. The Morgan fingerprint density at radius 1 is 1.26 bits per heavy atom. The number of hydrogen-bond acceptors (Lipinski definition) is 8. The van der Waals surface area contributed by atoms with Gasteiger partial charge in [-0.2, -0.15) is 0 Å². The lowest BCUT2D eigenvalue weighted by atomic mass is 9.93. The van der Waals surface area contributed by atoms with Crippen LogP contribution in [-0.2, 0) is 19.6 Å². The molecular weight excluding hydrogens is 446 g/mol. The third kappa shape index (κ3) is 6.17. The van der Waals surface area contributed by atoms with Crippen LogP contribution in [0.4, 0.5) is 5.69 Å².